The van der Waals surface area contributed by atoms with Gasteiger partial charge >= 0.3 is 12.4 Å². The van der Waals surface area contributed by atoms with Gasteiger partial charge in [-0.1, -0.05) is 13.8 Å². The van der Waals surface area contributed by atoms with Crippen molar-refractivity contribution in [2.45, 2.75) is 50.7 Å². The number of alkyl halides is 3. The predicted molar refractivity (Wildman–Crippen MR) is 133 cm³/mol. The van der Waals surface area contributed by atoms with Crippen LogP contribution >= 0.6 is 0 Å². The van der Waals surface area contributed by atoms with E-state index in [9.17, 15) is 22.8 Å². The van der Waals surface area contributed by atoms with Crippen molar-refractivity contribution in [1.82, 2.24) is 15.3 Å². The van der Waals surface area contributed by atoms with Crippen LogP contribution in [0.3, 0.4) is 0 Å². The van der Waals surface area contributed by atoms with Crippen LogP contribution in [0.15, 0.2) is 61.2 Å². The zero-order valence-corrected chi connectivity index (χ0v) is 20.7. The summed E-state index contributed by atoms with van der Waals surface area (Å²) in [6.45, 7) is 3.95. The quantitative estimate of drug-likeness (QED) is 0.379. The van der Waals surface area contributed by atoms with Crippen LogP contribution < -0.4 is 26.4 Å². The molecule has 0 saturated carbocycles. The molecule has 1 saturated heterocycles. The Kier molecular flexibility index (Phi) is 7.38. The van der Waals surface area contributed by atoms with Crippen molar-refractivity contribution in [3.05, 3.63) is 83.4 Å². The molecule has 1 aromatic carbocycles. The van der Waals surface area contributed by atoms with Gasteiger partial charge in [0.05, 0.1) is 5.69 Å². The number of pyridine rings is 2. The van der Waals surface area contributed by atoms with Gasteiger partial charge in [0.1, 0.15) is 11.3 Å². The molecule has 4 rings (SSSR count). The van der Waals surface area contributed by atoms with Crippen molar-refractivity contribution in [3.63, 3.8) is 0 Å². The van der Waals surface area contributed by atoms with Gasteiger partial charge in [0.25, 0.3) is 5.91 Å². The van der Waals surface area contributed by atoms with Crippen LogP contribution in [-0.2, 0) is 17.9 Å². The zero-order chi connectivity index (χ0) is 27.7. The fraction of sp³-hybridized carbons (Fsp3) is 0.308. The Hall–Kier alpha value is -4.03. The smallest absolute Gasteiger partial charge is 0.406 e. The lowest BCUT2D eigenvalue weighted by Gasteiger charge is -2.40. The van der Waals surface area contributed by atoms with Crippen molar-refractivity contribution in [2.75, 3.05) is 4.90 Å². The fourth-order valence-corrected chi connectivity index (χ4v) is 5.11. The van der Waals surface area contributed by atoms with Gasteiger partial charge in [-0.2, -0.15) is 0 Å². The third-order valence-corrected chi connectivity index (χ3v) is 7.02. The van der Waals surface area contributed by atoms with Crippen molar-refractivity contribution < 1.29 is 27.5 Å². The Balaban J connectivity index is 1.83. The molecular formula is C26H27F3N6O3. The highest BCUT2D eigenvalue weighted by atomic mass is 19.4. The number of benzene rings is 1. The van der Waals surface area contributed by atoms with Crippen LogP contribution in [0.1, 0.15) is 47.9 Å². The molecule has 12 heteroatoms. The van der Waals surface area contributed by atoms with Gasteiger partial charge in [-0.15, -0.1) is 13.2 Å². The van der Waals surface area contributed by atoms with E-state index in [0.29, 0.717) is 11.1 Å². The number of hydrogen-bond acceptors (Lipinski definition) is 7. The van der Waals surface area contributed by atoms with E-state index in [4.69, 9.17) is 11.5 Å². The summed E-state index contributed by atoms with van der Waals surface area (Å²) < 4.78 is 41.8. The van der Waals surface area contributed by atoms with Crippen molar-refractivity contribution in [2.24, 2.45) is 11.5 Å². The molecule has 2 aromatic heterocycles. The van der Waals surface area contributed by atoms with E-state index in [0.717, 1.165) is 28.2 Å². The van der Waals surface area contributed by atoms with Crippen LogP contribution in [0, 0.1) is 0 Å². The Morgan fingerprint density at radius 2 is 1.42 bits per heavy atom. The average Bonchev–Trinajstić information content (AvgIpc) is 3.17. The van der Waals surface area contributed by atoms with E-state index >= 15 is 0 Å². The van der Waals surface area contributed by atoms with Crippen LogP contribution in [0.5, 0.6) is 5.75 Å². The predicted octanol–water partition coefficient (Wildman–Crippen LogP) is 3.70. The zero-order valence-electron chi connectivity index (χ0n) is 20.7. The van der Waals surface area contributed by atoms with Gasteiger partial charge in [-0.25, -0.2) is 9.69 Å². The number of ether oxygens (including phenoxy) is 1. The SMILES string of the molecule is CC(c1ccncc1CN)C1(C(C)c2ccncc2CN)NC(=O)N(c2ccc(OC(F)(F)F)cc2)C1=O. The lowest BCUT2D eigenvalue weighted by molar-refractivity contribution is -0.274. The molecule has 0 bridgehead atoms. The highest BCUT2D eigenvalue weighted by Crippen LogP contribution is 2.46. The number of nitrogens with one attached hydrogen (secondary N) is 1. The van der Waals surface area contributed by atoms with Gasteiger partial charge in [0.15, 0.2) is 0 Å². The largest absolute Gasteiger partial charge is 0.573 e. The van der Waals surface area contributed by atoms with Crippen LogP contribution in [0.2, 0.25) is 0 Å². The van der Waals surface area contributed by atoms with Gasteiger partial charge < -0.3 is 21.5 Å². The topological polar surface area (TPSA) is 136 Å². The molecule has 1 aliphatic heterocycles. The third-order valence-electron chi connectivity index (χ3n) is 7.02. The maximum absolute atomic E-state index is 14.3. The van der Waals surface area contributed by atoms with Crippen molar-refractivity contribution in [1.29, 1.82) is 0 Å². The maximum Gasteiger partial charge on any atom is 0.573 e. The molecule has 1 fully saturated rings. The van der Waals surface area contributed by atoms with Gasteiger partial charge in [0.2, 0.25) is 0 Å². The van der Waals surface area contributed by atoms with E-state index < -0.39 is 41.4 Å². The third kappa shape index (κ3) is 4.79. The van der Waals surface area contributed by atoms with Crippen LogP contribution in [-0.4, -0.2) is 33.8 Å². The second kappa shape index (κ2) is 10.4. The maximum atomic E-state index is 14.3. The van der Waals surface area contributed by atoms with Gasteiger partial charge in [0, 0.05) is 49.7 Å². The molecule has 2 unspecified atom stereocenters. The summed E-state index contributed by atoms with van der Waals surface area (Å²) in [5, 5.41) is 2.92. The Bertz CT molecular complexity index is 1280. The molecular weight excluding hydrogens is 501 g/mol. The number of carbonyl (C=O) groups excluding carboxylic acids is 2. The first kappa shape index (κ1) is 27.0. The molecule has 200 valence electrons. The Morgan fingerprint density at radius 3 is 1.87 bits per heavy atom. The van der Waals surface area contributed by atoms with E-state index in [1.807, 2.05) is 13.8 Å². The summed E-state index contributed by atoms with van der Waals surface area (Å²) in [5.74, 6) is -2.24. The first-order valence-corrected chi connectivity index (χ1v) is 11.8. The molecule has 0 radical (unpaired) electrons. The average molecular weight is 529 g/mol. The first-order valence-electron chi connectivity index (χ1n) is 11.8. The number of amides is 3. The molecule has 3 amide bonds. The number of nitrogens with zero attached hydrogens (tertiary/aromatic N) is 3. The molecule has 3 aromatic rings. The minimum atomic E-state index is -4.88. The summed E-state index contributed by atoms with van der Waals surface area (Å²) >= 11 is 0. The van der Waals surface area contributed by atoms with Crippen molar-refractivity contribution >= 4 is 17.6 Å². The summed E-state index contributed by atoms with van der Waals surface area (Å²) in [6.07, 6.45) is 1.51. The standard InChI is InChI=1S/C26H27F3N6O3/c1-15(21-7-9-32-13-17(21)11-30)25(16(2)22-8-10-33-14-18(22)12-31)23(36)35(24(37)34-25)19-3-5-20(6-4-19)38-26(27,28)29/h3-10,13-16H,11-12,30-31H2,1-2H3,(H,34,37). The summed E-state index contributed by atoms with van der Waals surface area (Å²) in [4.78, 5) is 36.9. The first-order chi connectivity index (χ1) is 18.0. The molecule has 2 atom stereocenters. The van der Waals surface area contributed by atoms with Crippen molar-refractivity contribution in [3.8, 4) is 5.75 Å². The van der Waals surface area contributed by atoms with E-state index in [1.54, 1.807) is 36.9 Å². The number of aromatic nitrogens is 2. The second-order valence-electron chi connectivity index (χ2n) is 8.98. The number of urea groups is 1. The van der Waals surface area contributed by atoms with Gasteiger partial charge in [-0.3, -0.25) is 14.8 Å². The molecule has 3 heterocycles. The number of imide groups is 1. The monoisotopic (exact) mass is 528 g/mol. The molecule has 0 aliphatic carbocycles. The van der Waals surface area contributed by atoms with Crippen LogP contribution in [0.4, 0.5) is 23.7 Å². The molecule has 9 nitrogen and oxygen atoms in total. The summed E-state index contributed by atoms with van der Waals surface area (Å²) in [6, 6.07) is 7.32. The van der Waals surface area contributed by atoms with E-state index in [2.05, 4.69) is 20.0 Å². The number of hydrogen-bond donors (Lipinski definition) is 3. The highest BCUT2D eigenvalue weighted by molar-refractivity contribution is 6.24. The highest BCUT2D eigenvalue weighted by Gasteiger charge is 2.59. The second-order valence-corrected chi connectivity index (χ2v) is 8.98. The summed E-state index contributed by atoms with van der Waals surface area (Å²) in [5.41, 5.74) is 13.4. The lowest BCUT2D eigenvalue weighted by Crippen LogP contribution is -2.55. The summed E-state index contributed by atoms with van der Waals surface area (Å²) in [7, 11) is 0. The molecule has 1 aliphatic rings. The van der Waals surface area contributed by atoms with E-state index in [-0.39, 0.29) is 18.8 Å². The molecule has 5 N–H and O–H groups in total. The number of rotatable bonds is 8. The minimum absolute atomic E-state index is 0.0888. The lowest BCUT2D eigenvalue weighted by atomic mass is 9.68. The minimum Gasteiger partial charge on any atom is -0.406 e. The normalized spacial score (nSPS) is 19.3. The Morgan fingerprint density at radius 1 is 0.921 bits per heavy atom. The van der Waals surface area contributed by atoms with E-state index in [1.165, 1.54) is 12.1 Å². The number of nitrogens with two attached hydrogens (primary N) is 2. The van der Waals surface area contributed by atoms with Gasteiger partial charge in [-0.05, 0) is 58.7 Å². The molecule has 38 heavy (non-hydrogen) atoms. The molecule has 0 spiro atoms. The fourth-order valence-electron chi connectivity index (χ4n) is 5.11. The Labute approximate surface area is 217 Å². The number of anilines is 1. The number of halogens is 3. The van der Waals surface area contributed by atoms with Crippen LogP contribution in [0.25, 0.3) is 0 Å². The number of carbonyl (C=O) groups is 2.